The number of hydrogen-bond acceptors (Lipinski definition) is 3. The molecule has 10 aromatic rings. The summed E-state index contributed by atoms with van der Waals surface area (Å²) in [6.45, 7) is 0. The van der Waals surface area contributed by atoms with Crippen molar-refractivity contribution in [2.24, 2.45) is 0 Å². The quantitative estimate of drug-likeness (QED) is 0.169. The van der Waals surface area contributed by atoms with E-state index in [1.807, 2.05) is 0 Å². The van der Waals surface area contributed by atoms with Gasteiger partial charge in [-0.3, -0.25) is 0 Å². The van der Waals surface area contributed by atoms with E-state index in [2.05, 4.69) is 270 Å². The smallest absolute Gasteiger partial charge is 0.0529 e. The van der Waals surface area contributed by atoms with E-state index in [9.17, 15) is 0 Å². The van der Waals surface area contributed by atoms with Gasteiger partial charge in [-0.25, -0.2) is 0 Å². The number of rotatable bonds is 6. The number of hydrogen-bond donors (Lipinski definition) is 0. The highest BCUT2D eigenvalue weighted by atomic mass is 15.3. The second-order valence-electron chi connectivity index (χ2n) is 13.6. The van der Waals surface area contributed by atoms with Gasteiger partial charge in [0.2, 0.25) is 0 Å². The van der Waals surface area contributed by atoms with Gasteiger partial charge in [0.25, 0.3) is 0 Å². The van der Waals surface area contributed by atoms with E-state index < -0.39 is 0 Å². The lowest BCUT2D eigenvalue weighted by molar-refractivity contribution is 0.865. The summed E-state index contributed by atoms with van der Waals surface area (Å²) in [5, 5.41) is 10.1. The Hall–Kier alpha value is -8.01. The van der Waals surface area contributed by atoms with Crippen molar-refractivity contribution in [1.29, 1.82) is 0 Å². The van der Waals surface area contributed by atoms with Crippen molar-refractivity contribution in [2.45, 2.75) is 0 Å². The van der Waals surface area contributed by atoms with Gasteiger partial charge in [0.05, 0.1) is 12.4 Å². The normalized spacial score (nSPS) is 10.0. The monoisotopic (exact) mass is 771 g/mol. The highest BCUT2D eigenvalue weighted by Crippen LogP contribution is 2.34. The number of aromatic nitrogens is 3. The molecule has 9 aromatic carbocycles. The molecule has 1 heterocycles. The molecule has 0 unspecified atom stereocenters. The van der Waals surface area contributed by atoms with Crippen molar-refractivity contribution >= 4 is 0 Å². The van der Waals surface area contributed by atoms with Crippen LogP contribution < -0.4 is 0 Å². The molecule has 1 aromatic heterocycles. The highest BCUT2D eigenvalue weighted by Gasteiger charge is 2.08. The minimum absolute atomic E-state index is 1.26. The molecule has 0 amide bonds. The van der Waals surface area contributed by atoms with Crippen LogP contribution in [0.3, 0.4) is 0 Å². The van der Waals surface area contributed by atoms with Gasteiger partial charge in [0.15, 0.2) is 0 Å². The zero-order chi connectivity index (χ0) is 40.9. The van der Waals surface area contributed by atoms with Crippen LogP contribution in [0.15, 0.2) is 273 Å². The van der Waals surface area contributed by atoms with Gasteiger partial charge in [0.1, 0.15) is 0 Å². The molecule has 0 fully saturated rings. The lowest BCUT2D eigenvalue weighted by atomic mass is 9.95. The van der Waals surface area contributed by atoms with Crippen LogP contribution in [0, 0.1) is 0 Å². The fourth-order valence-electron chi connectivity index (χ4n) is 6.87. The molecule has 288 valence electrons. The van der Waals surface area contributed by atoms with E-state index in [-0.39, 0.29) is 0 Å². The molecule has 0 atom stereocenters. The van der Waals surface area contributed by atoms with Crippen LogP contribution in [0.5, 0.6) is 0 Å². The van der Waals surface area contributed by atoms with E-state index in [4.69, 9.17) is 0 Å². The molecule has 0 aliphatic carbocycles. The average Bonchev–Trinajstić information content (AvgIpc) is 3.37. The van der Waals surface area contributed by atoms with Gasteiger partial charge in [-0.2, -0.15) is 0 Å². The second-order valence-corrected chi connectivity index (χ2v) is 13.6. The molecule has 0 aliphatic heterocycles. The maximum absolute atomic E-state index is 3.42. The minimum atomic E-state index is 1.26. The van der Waals surface area contributed by atoms with Crippen LogP contribution in [-0.4, -0.2) is 15.4 Å². The molecular weight excluding hydrogens is 727 g/mol. The van der Waals surface area contributed by atoms with Crippen molar-refractivity contribution in [2.75, 3.05) is 0 Å². The topological polar surface area (TPSA) is 38.7 Å². The summed E-state index contributed by atoms with van der Waals surface area (Å²) in [6.07, 6.45) is 3.15. The highest BCUT2D eigenvalue weighted by molar-refractivity contribution is 5.85. The SMILES string of the molecule is c1ccc(-c2ccccc2-c2ccccc2)cc1.c1ccc(-c2ccccc2-c2ccccc2)cc1.c1ccc(-c2ccccc2-c2ccccc2)cc1.c1cnnnc1. The fourth-order valence-corrected chi connectivity index (χ4v) is 6.87. The lowest BCUT2D eigenvalue weighted by Crippen LogP contribution is -1.83. The zero-order valence-corrected chi connectivity index (χ0v) is 33.3. The van der Waals surface area contributed by atoms with Gasteiger partial charge in [-0.1, -0.05) is 255 Å². The zero-order valence-electron chi connectivity index (χ0n) is 33.3. The van der Waals surface area contributed by atoms with Gasteiger partial charge >= 0.3 is 0 Å². The Morgan fingerprint density at radius 2 is 0.333 bits per heavy atom. The first-order chi connectivity index (χ1) is 29.8. The Morgan fingerprint density at radius 1 is 0.167 bits per heavy atom. The van der Waals surface area contributed by atoms with Crippen molar-refractivity contribution in [3.8, 4) is 66.8 Å². The molecule has 0 N–H and O–H groups in total. The molecule has 10 rings (SSSR count). The summed E-state index contributed by atoms with van der Waals surface area (Å²) in [5.41, 5.74) is 15.3. The molecule has 0 aliphatic rings. The van der Waals surface area contributed by atoms with Crippen molar-refractivity contribution in [1.82, 2.24) is 15.4 Å². The third-order valence-corrected chi connectivity index (χ3v) is 9.70. The Labute approximate surface area is 354 Å². The first-order valence-corrected chi connectivity index (χ1v) is 20.0. The third-order valence-electron chi connectivity index (χ3n) is 9.70. The van der Waals surface area contributed by atoms with Gasteiger partial charge < -0.3 is 0 Å². The second kappa shape index (κ2) is 22.1. The summed E-state index contributed by atoms with van der Waals surface area (Å²) >= 11 is 0. The summed E-state index contributed by atoms with van der Waals surface area (Å²) in [6, 6.07) is 90.5. The molecular formula is C57H45N3. The van der Waals surface area contributed by atoms with E-state index in [0.717, 1.165) is 0 Å². The summed E-state index contributed by atoms with van der Waals surface area (Å²) in [7, 11) is 0. The lowest BCUT2D eigenvalue weighted by Gasteiger charge is -2.09. The predicted molar refractivity (Wildman–Crippen MR) is 252 cm³/mol. The summed E-state index contributed by atoms with van der Waals surface area (Å²) in [4.78, 5) is 0. The molecule has 3 heteroatoms. The minimum Gasteiger partial charge on any atom is -0.139 e. The van der Waals surface area contributed by atoms with Crippen molar-refractivity contribution < 1.29 is 0 Å². The molecule has 0 saturated carbocycles. The first kappa shape index (κ1) is 40.2. The van der Waals surface area contributed by atoms with E-state index in [1.54, 1.807) is 18.5 Å². The van der Waals surface area contributed by atoms with E-state index >= 15 is 0 Å². The predicted octanol–water partition coefficient (Wildman–Crippen LogP) is 14.9. The first-order valence-electron chi connectivity index (χ1n) is 20.0. The summed E-state index contributed by atoms with van der Waals surface area (Å²) in [5.74, 6) is 0. The molecule has 60 heavy (non-hydrogen) atoms. The van der Waals surface area contributed by atoms with Gasteiger partial charge in [-0.15, -0.1) is 10.2 Å². The summed E-state index contributed by atoms with van der Waals surface area (Å²) < 4.78 is 0. The van der Waals surface area contributed by atoms with E-state index in [1.165, 1.54) is 66.8 Å². The van der Waals surface area contributed by atoms with Crippen LogP contribution in [-0.2, 0) is 0 Å². The Balaban J connectivity index is 0.000000127. The van der Waals surface area contributed by atoms with Crippen LogP contribution in [0.1, 0.15) is 0 Å². The van der Waals surface area contributed by atoms with Crippen LogP contribution >= 0.6 is 0 Å². The van der Waals surface area contributed by atoms with Gasteiger partial charge in [0, 0.05) is 0 Å². The average molecular weight is 772 g/mol. The number of benzene rings is 9. The molecule has 0 spiro atoms. The van der Waals surface area contributed by atoms with Crippen LogP contribution in [0.25, 0.3) is 66.8 Å². The maximum Gasteiger partial charge on any atom is 0.0529 e. The Bertz CT molecular complexity index is 2230. The molecule has 0 saturated heterocycles. The van der Waals surface area contributed by atoms with Gasteiger partial charge in [-0.05, 0) is 78.0 Å². The van der Waals surface area contributed by atoms with E-state index in [0.29, 0.717) is 0 Å². The third kappa shape index (κ3) is 11.3. The number of nitrogens with zero attached hydrogens (tertiary/aromatic N) is 3. The molecule has 0 radical (unpaired) electrons. The fraction of sp³-hybridized carbons (Fsp3) is 0. The maximum atomic E-state index is 3.42. The van der Waals surface area contributed by atoms with Crippen LogP contribution in [0.4, 0.5) is 0 Å². The van der Waals surface area contributed by atoms with Crippen molar-refractivity contribution in [3.05, 3.63) is 273 Å². The largest absolute Gasteiger partial charge is 0.139 e. The van der Waals surface area contributed by atoms with Crippen molar-refractivity contribution in [3.63, 3.8) is 0 Å². The Morgan fingerprint density at radius 3 is 0.467 bits per heavy atom. The standard InChI is InChI=1S/3C18H14.C3H3N3/c3*1-3-9-15(10-4-1)17-13-7-8-14-18(17)16-11-5-2-6-12-16;1-2-4-6-5-3-1/h3*1-14H;1-3H. The van der Waals surface area contributed by atoms with Crippen LogP contribution in [0.2, 0.25) is 0 Å². The molecule has 3 nitrogen and oxygen atoms in total. The Kier molecular flexibility index (Phi) is 14.8. The molecule has 0 bridgehead atoms.